The Morgan fingerprint density at radius 2 is 2.10 bits per heavy atom. The summed E-state index contributed by atoms with van der Waals surface area (Å²) < 4.78 is 3.27. The molecule has 0 aliphatic heterocycles. The molecule has 110 valence electrons. The summed E-state index contributed by atoms with van der Waals surface area (Å²) in [4.78, 5) is 4.65. The number of nitrogens with zero attached hydrogens (tertiary/aromatic N) is 3. The van der Waals surface area contributed by atoms with Crippen LogP contribution < -0.4 is 5.32 Å². The molecule has 1 N–H and O–H groups in total. The number of para-hydroxylation sites is 1. The number of fused-ring (bicyclic) bond motifs is 1. The lowest BCUT2D eigenvalue weighted by Crippen LogP contribution is -2.33. The number of hydrogen-bond acceptors (Lipinski definition) is 4. The van der Waals surface area contributed by atoms with Crippen molar-refractivity contribution in [2.75, 3.05) is 0 Å². The van der Waals surface area contributed by atoms with Crippen LogP contribution in [0.2, 0.25) is 0 Å². The monoisotopic (exact) mass is 300 g/mol. The lowest BCUT2D eigenvalue weighted by molar-refractivity contribution is 0.365. The fourth-order valence-corrected chi connectivity index (χ4v) is 3.22. The number of aryl methyl sites for hydroxylation is 1. The van der Waals surface area contributed by atoms with E-state index in [-0.39, 0.29) is 0 Å². The Balaban J connectivity index is 1.63. The molecule has 4 nitrogen and oxygen atoms in total. The van der Waals surface area contributed by atoms with Gasteiger partial charge in [-0.2, -0.15) is 5.10 Å². The predicted molar refractivity (Wildman–Crippen MR) is 87.6 cm³/mol. The highest BCUT2D eigenvalue weighted by Crippen LogP contribution is 2.21. The van der Waals surface area contributed by atoms with E-state index in [1.54, 1.807) is 11.3 Å². The maximum atomic E-state index is 4.65. The van der Waals surface area contributed by atoms with Gasteiger partial charge in [0.15, 0.2) is 0 Å². The Morgan fingerprint density at radius 1 is 1.29 bits per heavy atom. The molecule has 0 unspecified atom stereocenters. The van der Waals surface area contributed by atoms with Crippen molar-refractivity contribution in [3.63, 3.8) is 0 Å². The van der Waals surface area contributed by atoms with Crippen LogP contribution in [0.15, 0.2) is 36.7 Å². The highest BCUT2D eigenvalue weighted by atomic mass is 32.1. The molecule has 0 amide bonds. The average Bonchev–Trinajstić information content (AvgIpc) is 3.09. The predicted octanol–water partition coefficient (Wildman–Crippen LogP) is 3.54. The van der Waals surface area contributed by atoms with E-state index in [4.69, 9.17) is 0 Å². The van der Waals surface area contributed by atoms with Gasteiger partial charge in [-0.15, -0.1) is 11.3 Å². The van der Waals surface area contributed by atoms with Crippen LogP contribution in [0.5, 0.6) is 0 Å². The molecule has 21 heavy (non-hydrogen) atoms. The first-order valence-electron chi connectivity index (χ1n) is 7.22. The molecular weight excluding hydrogens is 280 g/mol. The average molecular weight is 300 g/mol. The van der Waals surface area contributed by atoms with Gasteiger partial charge in [-0.3, -0.25) is 4.68 Å². The van der Waals surface area contributed by atoms with Crippen LogP contribution in [0.3, 0.4) is 0 Å². The van der Waals surface area contributed by atoms with E-state index < -0.39 is 0 Å². The molecule has 0 radical (unpaired) electrons. The van der Waals surface area contributed by atoms with Crippen LogP contribution >= 0.6 is 11.3 Å². The first-order chi connectivity index (χ1) is 10.1. The van der Waals surface area contributed by atoms with Crippen LogP contribution in [0, 0.1) is 6.92 Å². The van der Waals surface area contributed by atoms with Gasteiger partial charge in [0.1, 0.15) is 5.01 Å². The molecule has 0 saturated heterocycles. The molecule has 5 heteroatoms. The lowest BCUT2D eigenvalue weighted by atomic mass is 10.2. The van der Waals surface area contributed by atoms with Crippen LogP contribution in [0.4, 0.5) is 0 Å². The zero-order valence-electron chi connectivity index (χ0n) is 12.6. The fourth-order valence-electron chi connectivity index (χ4n) is 2.30. The minimum absolute atomic E-state index is 0.313. The minimum Gasteiger partial charge on any atom is -0.306 e. The van der Waals surface area contributed by atoms with E-state index in [1.807, 2.05) is 16.9 Å². The molecule has 2 heterocycles. The second-order valence-corrected chi connectivity index (χ2v) is 6.60. The van der Waals surface area contributed by atoms with Crippen molar-refractivity contribution in [1.82, 2.24) is 20.1 Å². The topological polar surface area (TPSA) is 42.7 Å². The largest absolute Gasteiger partial charge is 0.306 e. The van der Waals surface area contributed by atoms with Crippen LogP contribution in [-0.4, -0.2) is 20.8 Å². The van der Waals surface area contributed by atoms with Gasteiger partial charge in [0.2, 0.25) is 0 Å². The maximum Gasteiger partial charge on any atom is 0.108 e. The highest BCUT2D eigenvalue weighted by Gasteiger charge is 2.15. The van der Waals surface area contributed by atoms with Crippen molar-refractivity contribution in [2.45, 2.75) is 39.4 Å². The van der Waals surface area contributed by atoms with Crippen LogP contribution in [-0.2, 0) is 6.54 Å². The third-order valence-corrected chi connectivity index (χ3v) is 4.82. The zero-order chi connectivity index (χ0) is 14.8. The molecule has 2 atom stereocenters. The molecule has 0 aliphatic rings. The molecule has 0 bridgehead atoms. The van der Waals surface area contributed by atoms with E-state index in [0.717, 1.165) is 17.1 Å². The molecule has 0 saturated carbocycles. The summed E-state index contributed by atoms with van der Waals surface area (Å²) in [5.74, 6) is 0. The van der Waals surface area contributed by atoms with Crippen molar-refractivity contribution >= 4 is 21.6 Å². The molecule has 3 rings (SSSR count). The SMILES string of the molecule is Cc1cnn([C@@H](C)[C@@H](C)NCc2nc3ccccc3s2)c1. The Kier molecular flexibility index (Phi) is 4.03. The van der Waals surface area contributed by atoms with E-state index >= 15 is 0 Å². The Bertz CT molecular complexity index is 698. The number of thiazole rings is 1. The van der Waals surface area contributed by atoms with Crippen molar-refractivity contribution in [3.8, 4) is 0 Å². The number of nitrogens with one attached hydrogen (secondary N) is 1. The van der Waals surface area contributed by atoms with Crippen molar-refractivity contribution in [1.29, 1.82) is 0 Å². The van der Waals surface area contributed by atoms with Crippen molar-refractivity contribution in [2.24, 2.45) is 0 Å². The Hall–Kier alpha value is -1.72. The van der Waals surface area contributed by atoms with Gasteiger partial charge in [0.25, 0.3) is 0 Å². The molecule has 0 aliphatic carbocycles. The number of benzene rings is 1. The molecule has 3 aromatic rings. The molecular formula is C16H20N4S. The first-order valence-corrected chi connectivity index (χ1v) is 8.04. The Morgan fingerprint density at radius 3 is 2.81 bits per heavy atom. The quantitative estimate of drug-likeness (QED) is 0.783. The second kappa shape index (κ2) is 5.95. The summed E-state index contributed by atoms with van der Waals surface area (Å²) in [7, 11) is 0. The van der Waals surface area contributed by atoms with Crippen molar-refractivity contribution in [3.05, 3.63) is 47.2 Å². The maximum absolute atomic E-state index is 4.65. The molecule has 2 aromatic heterocycles. The van der Waals surface area contributed by atoms with Crippen molar-refractivity contribution < 1.29 is 0 Å². The summed E-state index contributed by atoms with van der Waals surface area (Å²) in [5.41, 5.74) is 2.28. The van der Waals surface area contributed by atoms with Gasteiger partial charge < -0.3 is 5.32 Å². The molecule has 0 spiro atoms. The third-order valence-electron chi connectivity index (χ3n) is 3.78. The van der Waals surface area contributed by atoms with E-state index in [0.29, 0.717) is 12.1 Å². The van der Waals surface area contributed by atoms with Gasteiger partial charge >= 0.3 is 0 Å². The smallest absolute Gasteiger partial charge is 0.108 e. The summed E-state index contributed by atoms with van der Waals surface area (Å²) in [6.45, 7) is 7.23. The minimum atomic E-state index is 0.313. The normalized spacial score (nSPS) is 14.4. The second-order valence-electron chi connectivity index (χ2n) is 5.48. The number of hydrogen-bond donors (Lipinski definition) is 1. The van der Waals surface area contributed by atoms with Gasteiger partial charge in [0, 0.05) is 18.8 Å². The van der Waals surface area contributed by atoms with Gasteiger partial charge in [-0.05, 0) is 38.5 Å². The third kappa shape index (κ3) is 3.14. The lowest BCUT2D eigenvalue weighted by Gasteiger charge is -2.21. The van der Waals surface area contributed by atoms with Gasteiger partial charge in [-0.1, -0.05) is 12.1 Å². The van der Waals surface area contributed by atoms with E-state index in [2.05, 4.69) is 60.6 Å². The highest BCUT2D eigenvalue weighted by molar-refractivity contribution is 7.18. The first kappa shape index (κ1) is 14.2. The zero-order valence-corrected chi connectivity index (χ0v) is 13.4. The summed E-state index contributed by atoms with van der Waals surface area (Å²) >= 11 is 1.75. The molecule has 1 aromatic carbocycles. The van der Waals surface area contributed by atoms with E-state index in [1.165, 1.54) is 10.3 Å². The van der Waals surface area contributed by atoms with Gasteiger partial charge in [-0.25, -0.2) is 4.98 Å². The summed E-state index contributed by atoms with van der Waals surface area (Å²) in [6.07, 6.45) is 3.98. The standard InChI is InChI=1S/C16H20N4S/c1-11-8-18-20(10-11)13(3)12(2)17-9-16-19-14-6-4-5-7-15(14)21-16/h4-8,10,12-13,17H,9H2,1-3H3/t12-,13+/m1/s1. The number of rotatable bonds is 5. The Labute approximate surface area is 128 Å². The van der Waals surface area contributed by atoms with Gasteiger partial charge in [0.05, 0.1) is 22.5 Å². The molecule has 0 fully saturated rings. The fraction of sp³-hybridized carbons (Fsp3) is 0.375. The van der Waals surface area contributed by atoms with Crippen LogP contribution in [0.25, 0.3) is 10.2 Å². The van der Waals surface area contributed by atoms with E-state index in [9.17, 15) is 0 Å². The van der Waals surface area contributed by atoms with Crippen LogP contribution in [0.1, 0.15) is 30.5 Å². The number of aromatic nitrogens is 3. The summed E-state index contributed by atoms with van der Waals surface area (Å²) in [5, 5.41) is 9.08. The summed E-state index contributed by atoms with van der Waals surface area (Å²) in [6, 6.07) is 8.92.